The summed E-state index contributed by atoms with van der Waals surface area (Å²) < 4.78 is 6.57. The Hall–Kier alpha value is -2.99. The molecule has 5 nitrogen and oxygen atoms in total. The molecule has 0 amide bonds. The molecule has 122 valence electrons. The summed E-state index contributed by atoms with van der Waals surface area (Å²) >= 11 is 3.37. The maximum Gasteiger partial charge on any atom is 0.277 e. The van der Waals surface area contributed by atoms with Crippen molar-refractivity contribution in [3.63, 3.8) is 0 Å². The molecule has 3 aromatic carbocycles. The molecule has 6 heteroatoms. The first-order valence-corrected chi connectivity index (χ1v) is 8.31. The predicted molar refractivity (Wildman–Crippen MR) is 99.2 cm³/mol. The molecule has 0 aliphatic rings. The lowest BCUT2D eigenvalue weighted by atomic mass is 10.0. The van der Waals surface area contributed by atoms with Crippen LogP contribution < -0.4 is 0 Å². The lowest BCUT2D eigenvalue weighted by molar-refractivity contribution is -0.384. The number of nitro benzene ring substituents is 1. The number of hydrogen-bond donors (Lipinski definition) is 0. The molecule has 4 aromatic rings. The van der Waals surface area contributed by atoms with Crippen LogP contribution in [-0.4, -0.2) is 9.91 Å². The summed E-state index contributed by atoms with van der Waals surface area (Å²) in [5, 5.41) is 11.3. The Morgan fingerprint density at radius 3 is 2.52 bits per heavy atom. The molecule has 0 bridgehead atoms. The van der Waals surface area contributed by atoms with Crippen molar-refractivity contribution in [2.24, 2.45) is 0 Å². The van der Waals surface area contributed by atoms with Gasteiger partial charge in [0.25, 0.3) is 5.69 Å². The third-order valence-corrected chi connectivity index (χ3v) is 4.37. The van der Waals surface area contributed by atoms with Crippen LogP contribution in [0.1, 0.15) is 0 Å². The number of benzene rings is 3. The van der Waals surface area contributed by atoms with Crippen LogP contribution in [0.15, 0.2) is 75.6 Å². The van der Waals surface area contributed by atoms with Crippen LogP contribution in [0.25, 0.3) is 33.7 Å². The predicted octanol–water partition coefficient (Wildman–Crippen LogP) is 5.83. The first-order chi connectivity index (χ1) is 12.1. The number of hydrogen-bond acceptors (Lipinski definition) is 4. The van der Waals surface area contributed by atoms with Gasteiger partial charge in [0.1, 0.15) is 5.52 Å². The van der Waals surface area contributed by atoms with Crippen molar-refractivity contribution in [1.82, 2.24) is 4.98 Å². The SMILES string of the molecule is O=[N+]([O-])c1ccc(Br)cc1-c1ccc2oc(-c3ccccc3)nc2c1. The normalized spacial score (nSPS) is 10.9. The van der Waals surface area contributed by atoms with Crippen molar-refractivity contribution in [3.8, 4) is 22.6 Å². The molecule has 1 heterocycles. The van der Waals surface area contributed by atoms with Gasteiger partial charge in [-0.05, 0) is 42.0 Å². The topological polar surface area (TPSA) is 69.2 Å². The summed E-state index contributed by atoms with van der Waals surface area (Å²) in [6.07, 6.45) is 0. The maximum absolute atomic E-state index is 11.3. The first-order valence-electron chi connectivity index (χ1n) is 7.52. The van der Waals surface area contributed by atoms with Crippen LogP contribution in [0, 0.1) is 10.1 Å². The van der Waals surface area contributed by atoms with Gasteiger partial charge in [0.15, 0.2) is 5.58 Å². The van der Waals surface area contributed by atoms with E-state index in [9.17, 15) is 10.1 Å². The fraction of sp³-hybridized carbons (Fsp3) is 0. The highest BCUT2D eigenvalue weighted by Crippen LogP contribution is 2.34. The van der Waals surface area contributed by atoms with Crippen LogP contribution in [0.4, 0.5) is 5.69 Å². The second kappa shape index (κ2) is 6.14. The van der Waals surface area contributed by atoms with Crippen LogP contribution in [-0.2, 0) is 0 Å². The highest BCUT2D eigenvalue weighted by molar-refractivity contribution is 9.10. The van der Waals surface area contributed by atoms with Gasteiger partial charge in [-0.15, -0.1) is 0 Å². The van der Waals surface area contributed by atoms with E-state index in [2.05, 4.69) is 20.9 Å². The molecule has 0 spiro atoms. The van der Waals surface area contributed by atoms with E-state index >= 15 is 0 Å². The molecule has 0 radical (unpaired) electrons. The minimum absolute atomic E-state index is 0.0503. The van der Waals surface area contributed by atoms with Gasteiger partial charge in [-0.3, -0.25) is 10.1 Å². The zero-order valence-electron chi connectivity index (χ0n) is 12.8. The van der Waals surface area contributed by atoms with Crippen molar-refractivity contribution < 1.29 is 9.34 Å². The summed E-state index contributed by atoms with van der Waals surface area (Å²) in [5.41, 5.74) is 3.48. The van der Waals surface area contributed by atoms with Crippen molar-refractivity contribution in [2.75, 3.05) is 0 Å². The van der Waals surface area contributed by atoms with Gasteiger partial charge in [-0.2, -0.15) is 0 Å². The first kappa shape index (κ1) is 15.5. The Morgan fingerprint density at radius 2 is 1.76 bits per heavy atom. The van der Waals surface area contributed by atoms with Gasteiger partial charge in [-0.1, -0.05) is 40.2 Å². The van der Waals surface area contributed by atoms with E-state index in [0.717, 1.165) is 10.0 Å². The Kier molecular flexibility index (Phi) is 3.82. The monoisotopic (exact) mass is 394 g/mol. The summed E-state index contributed by atoms with van der Waals surface area (Å²) in [5.74, 6) is 0.525. The Balaban J connectivity index is 1.85. The summed E-state index contributed by atoms with van der Waals surface area (Å²) in [7, 11) is 0. The van der Waals surface area contributed by atoms with Crippen LogP contribution in [0.2, 0.25) is 0 Å². The molecule has 0 aliphatic carbocycles. The zero-order chi connectivity index (χ0) is 17.4. The molecule has 0 aliphatic heterocycles. The molecule has 0 saturated heterocycles. The maximum atomic E-state index is 11.3. The van der Waals surface area contributed by atoms with Crippen molar-refractivity contribution >= 4 is 32.7 Å². The van der Waals surface area contributed by atoms with E-state index in [1.807, 2.05) is 30.3 Å². The molecular weight excluding hydrogens is 384 g/mol. The minimum atomic E-state index is -0.385. The lowest BCUT2D eigenvalue weighted by Gasteiger charge is -2.03. The molecule has 1 aromatic heterocycles. The standard InChI is InChI=1S/C19H11BrN2O3/c20-14-7-8-17(22(23)24)15(11-14)13-6-9-18-16(10-13)21-19(25-18)12-4-2-1-3-5-12/h1-11H. The number of nitro groups is 1. The van der Waals surface area contributed by atoms with Gasteiger partial charge in [0.05, 0.1) is 10.5 Å². The van der Waals surface area contributed by atoms with Crippen molar-refractivity contribution in [3.05, 3.63) is 81.3 Å². The fourth-order valence-electron chi connectivity index (χ4n) is 2.70. The molecule has 0 N–H and O–H groups in total. The molecule has 25 heavy (non-hydrogen) atoms. The Morgan fingerprint density at radius 1 is 0.960 bits per heavy atom. The molecule has 4 rings (SSSR count). The lowest BCUT2D eigenvalue weighted by Crippen LogP contribution is -1.92. The quantitative estimate of drug-likeness (QED) is 0.323. The highest BCUT2D eigenvalue weighted by atomic mass is 79.9. The van der Waals surface area contributed by atoms with E-state index in [1.165, 1.54) is 6.07 Å². The summed E-state index contributed by atoms with van der Waals surface area (Å²) in [6, 6.07) is 19.9. The van der Waals surface area contributed by atoms with Gasteiger partial charge in [-0.25, -0.2) is 4.98 Å². The van der Waals surface area contributed by atoms with Gasteiger partial charge in [0, 0.05) is 16.1 Å². The Labute approximate surface area is 151 Å². The minimum Gasteiger partial charge on any atom is -0.436 e. The number of nitrogens with zero attached hydrogens (tertiary/aromatic N) is 2. The van der Waals surface area contributed by atoms with Gasteiger partial charge >= 0.3 is 0 Å². The number of oxazole rings is 1. The van der Waals surface area contributed by atoms with E-state index < -0.39 is 0 Å². The third-order valence-electron chi connectivity index (χ3n) is 3.87. The van der Waals surface area contributed by atoms with Crippen LogP contribution >= 0.6 is 15.9 Å². The second-order valence-electron chi connectivity index (χ2n) is 5.49. The number of halogens is 1. The smallest absolute Gasteiger partial charge is 0.277 e. The van der Waals surface area contributed by atoms with Gasteiger partial charge in [0.2, 0.25) is 5.89 Å². The largest absolute Gasteiger partial charge is 0.436 e. The molecular formula is C19H11BrN2O3. The second-order valence-corrected chi connectivity index (χ2v) is 6.40. The number of fused-ring (bicyclic) bond motifs is 1. The fourth-order valence-corrected chi connectivity index (χ4v) is 3.06. The van der Waals surface area contributed by atoms with Crippen LogP contribution in [0.3, 0.4) is 0 Å². The average molecular weight is 395 g/mol. The number of rotatable bonds is 3. The molecule has 0 fully saturated rings. The molecule has 0 unspecified atom stereocenters. The van der Waals surface area contributed by atoms with Crippen LogP contribution in [0.5, 0.6) is 0 Å². The van der Waals surface area contributed by atoms with Gasteiger partial charge < -0.3 is 4.42 Å². The van der Waals surface area contributed by atoms with E-state index in [4.69, 9.17) is 4.42 Å². The average Bonchev–Trinajstić information content (AvgIpc) is 3.05. The highest BCUT2D eigenvalue weighted by Gasteiger charge is 2.17. The Bertz CT molecular complexity index is 1090. The van der Waals surface area contributed by atoms with Crippen molar-refractivity contribution in [1.29, 1.82) is 0 Å². The molecule has 0 saturated carbocycles. The zero-order valence-corrected chi connectivity index (χ0v) is 14.4. The molecule has 0 atom stereocenters. The van der Waals surface area contributed by atoms with E-state index in [0.29, 0.717) is 28.1 Å². The summed E-state index contributed by atoms with van der Waals surface area (Å²) in [4.78, 5) is 15.4. The number of aromatic nitrogens is 1. The van der Waals surface area contributed by atoms with E-state index in [-0.39, 0.29) is 10.6 Å². The van der Waals surface area contributed by atoms with Crippen molar-refractivity contribution in [2.45, 2.75) is 0 Å². The third kappa shape index (κ3) is 2.92. The summed E-state index contributed by atoms with van der Waals surface area (Å²) in [6.45, 7) is 0. The van der Waals surface area contributed by atoms with E-state index in [1.54, 1.807) is 30.3 Å².